The Balaban J connectivity index is 1.64. The van der Waals surface area contributed by atoms with E-state index in [2.05, 4.69) is 58.2 Å². The highest BCUT2D eigenvalue weighted by Crippen LogP contribution is 2.29. The molecule has 2 aromatic rings. The fourth-order valence-corrected chi connectivity index (χ4v) is 3.93. The molecule has 21 heavy (non-hydrogen) atoms. The largest absolute Gasteiger partial charge is 0.365 e. The predicted molar refractivity (Wildman–Crippen MR) is 87.8 cm³/mol. The smallest absolute Gasteiger partial charge is 0.0703 e. The van der Waals surface area contributed by atoms with E-state index in [1.165, 1.54) is 43.4 Å². The number of piperidine rings is 1. The molecule has 1 aromatic carbocycles. The lowest BCUT2D eigenvalue weighted by Gasteiger charge is -2.48. The standard InChI is InChI=1S/C18H23N3/c1-14-12-20-9-5-4-7-16(20)13-21(14)17-10-15-6-2-3-8-18(15)19-11-17/h2-3,6,8,10-11,14,16H,4-5,7,9,12-13H2,1H3. The van der Waals surface area contributed by atoms with Gasteiger partial charge in [0.2, 0.25) is 0 Å². The minimum absolute atomic E-state index is 0.572. The van der Waals surface area contributed by atoms with Crippen LogP contribution >= 0.6 is 0 Å². The Morgan fingerprint density at radius 3 is 3.00 bits per heavy atom. The Bertz CT molecular complexity index is 639. The first-order valence-electron chi connectivity index (χ1n) is 8.17. The van der Waals surface area contributed by atoms with E-state index in [1.54, 1.807) is 0 Å². The molecule has 4 rings (SSSR count). The van der Waals surface area contributed by atoms with Gasteiger partial charge in [0, 0.05) is 30.6 Å². The van der Waals surface area contributed by atoms with Crippen LogP contribution in [0, 0.1) is 0 Å². The number of hydrogen-bond acceptors (Lipinski definition) is 3. The first kappa shape index (κ1) is 13.1. The fraction of sp³-hybridized carbons (Fsp3) is 0.500. The second kappa shape index (κ2) is 5.30. The molecule has 0 amide bonds. The molecule has 1 aromatic heterocycles. The van der Waals surface area contributed by atoms with Crippen LogP contribution in [0.4, 0.5) is 5.69 Å². The molecule has 2 atom stereocenters. The summed E-state index contributed by atoms with van der Waals surface area (Å²) in [5.41, 5.74) is 2.37. The van der Waals surface area contributed by atoms with Gasteiger partial charge in [0.1, 0.15) is 0 Å². The van der Waals surface area contributed by atoms with Crippen molar-refractivity contribution in [2.75, 3.05) is 24.5 Å². The van der Waals surface area contributed by atoms with Gasteiger partial charge in [0.15, 0.2) is 0 Å². The van der Waals surface area contributed by atoms with Crippen molar-refractivity contribution in [2.24, 2.45) is 0 Å². The van der Waals surface area contributed by atoms with Crippen LogP contribution in [0.3, 0.4) is 0 Å². The average Bonchev–Trinajstić information content (AvgIpc) is 2.54. The molecule has 3 heterocycles. The van der Waals surface area contributed by atoms with Crippen LogP contribution in [-0.2, 0) is 0 Å². The summed E-state index contributed by atoms with van der Waals surface area (Å²) in [5, 5.41) is 1.24. The van der Waals surface area contributed by atoms with Crippen molar-refractivity contribution in [3.63, 3.8) is 0 Å². The fourth-order valence-electron chi connectivity index (χ4n) is 3.93. The van der Waals surface area contributed by atoms with Gasteiger partial charge in [-0.3, -0.25) is 9.88 Å². The maximum absolute atomic E-state index is 4.64. The highest BCUT2D eigenvalue weighted by Gasteiger charge is 2.33. The topological polar surface area (TPSA) is 19.4 Å². The molecule has 3 nitrogen and oxygen atoms in total. The van der Waals surface area contributed by atoms with E-state index in [-0.39, 0.29) is 0 Å². The Hall–Kier alpha value is -1.61. The quantitative estimate of drug-likeness (QED) is 0.799. The van der Waals surface area contributed by atoms with Crippen LogP contribution in [0.25, 0.3) is 10.9 Å². The number of para-hydroxylation sites is 1. The highest BCUT2D eigenvalue weighted by atomic mass is 15.3. The third kappa shape index (κ3) is 2.40. The number of pyridine rings is 1. The highest BCUT2D eigenvalue weighted by molar-refractivity contribution is 5.81. The van der Waals surface area contributed by atoms with Crippen molar-refractivity contribution >= 4 is 16.6 Å². The van der Waals surface area contributed by atoms with Crippen LogP contribution in [0.15, 0.2) is 36.5 Å². The third-order valence-electron chi connectivity index (χ3n) is 5.10. The Labute approximate surface area is 126 Å². The van der Waals surface area contributed by atoms with Gasteiger partial charge in [-0.2, -0.15) is 0 Å². The lowest BCUT2D eigenvalue weighted by Crippen LogP contribution is -2.58. The number of piperazine rings is 1. The molecule has 0 spiro atoms. The molecular formula is C18H23N3. The number of nitrogens with zero attached hydrogens (tertiary/aromatic N) is 3. The van der Waals surface area contributed by atoms with Crippen LogP contribution in [0.5, 0.6) is 0 Å². The zero-order chi connectivity index (χ0) is 14.2. The summed E-state index contributed by atoms with van der Waals surface area (Å²) >= 11 is 0. The molecule has 2 aliphatic heterocycles. The SMILES string of the molecule is CC1CN2CCCCC2CN1c1cnc2ccccc2c1. The molecule has 0 saturated carbocycles. The monoisotopic (exact) mass is 281 g/mol. The van der Waals surface area contributed by atoms with Crippen molar-refractivity contribution in [2.45, 2.75) is 38.3 Å². The van der Waals surface area contributed by atoms with Gasteiger partial charge >= 0.3 is 0 Å². The maximum atomic E-state index is 4.64. The number of rotatable bonds is 1. The summed E-state index contributed by atoms with van der Waals surface area (Å²) in [7, 11) is 0. The third-order valence-corrected chi connectivity index (χ3v) is 5.10. The van der Waals surface area contributed by atoms with Gasteiger partial charge in [-0.15, -0.1) is 0 Å². The first-order valence-corrected chi connectivity index (χ1v) is 8.17. The molecular weight excluding hydrogens is 258 g/mol. The van der Waals surface area contributed by atoms with Crippen LogP contribution in [0.1, 0.15) is 26.2 Å². The molecule has 0 aliphatic carbocycles. The number of benzene rings is 1. The van der Waals surface area contributed by atoms with Gasteiger partial charge in [0.25, 0.3) is 0 Å². The molecule has 0 radical (unpaired) electrons. The van der Waals surface area contributed by atoms with Crippen molar-refractivity contribution in [3.8, 4) is 0 Å². The molecule has 2 saturated heterocycles. The molecule has 0 bridgehead atoms. The van der Waals surface area contributed by atoms with E-state index in [1.807, 2.05) is 0 Å². The minimum Gasteiger partial charge on any atom is -0.365 e. The summed E-state index contributed by atoms with van der Waals surface area (Å²) < 4.78 is 0. The Kier molecular flexibility index (Phi) is 3.30. The Morgan fingerprint density at radius 2 is 2.05 bits per heavy atom. The number of fused-ring (bicyclic) bond motifs is 2. The van der Waals surface area contributed by atoms with Gasteiger partial charge < -0.3 is 4.90 Å². The second-order valence-electron chi connectivity index (χ2n) is 6.53. The summed E-state index contributed by atoms with van der Waals surface area (Å²) in [6.07, 6.45) is 6.17. The van der Waals surface area contributed by atoms with Crippen LogP contribution < -0.4 is 4.90 Å². The van der Waals surface area contributed by atoms with Crippen molar-refractivity contribution in [1.82, 2.24) is 9.88 Å². The molecule has 0 N–H and O–H groups in total. The molecule has 2 fully saturated rings. The minimum atomic E-state index is 0.572. The van der Waals surface area contributed by atoms with E-state index in [9.17, 15) is 0 Å². The van der Waals surface area contributed by atoms with E-state index in [4.69, 9.17) is 0 Å². The van der Waals surface area contributed by atoms with Gasteiger partial charge in [-0.1, -0.05) is 24.6 Å². The summed E-state index contributed by atoms with van der Waals surface area (Å²) in [6.45, 7) is 5.98. The van der Waals surface area contributed by atoms with E-state index < -0.39 is 0 Å². The summed E-state index contributed by atoms with van der Waals surface area (Å²) in [4.78, 5) is 9.89. The van der Waals surface area contributed by atoms with Crippen LogP contribution in [0.2, 0.25) is 0 Å². The lowest BCUT2D eigenvalue weighted by molar-refractivity contribution is 0.115. The first-order chi connectivity index (χ1) is 10.3. The number of hydrogen-bond donors (Lipinski definition) is 0. The van der Waals surface area contributed by atoms with Gasteiger partial charge in [-0.25, -0.2) is 0 Å². The normalized spacial score (nSPS) is 26.8. The van der Waals surface area contributed by atoms with Crippen LogP contribution in [-0.4, -0.2) is 41.6 Å². The predicted octanol–water partition coefficient (Wildman–Crippen LogP) is 3.30. The van der Waals surface area contributed by atoms with Crippen molar-refractivity contribution < 1.29 is 0 Å². The number of aromatic nitrogens is 1. The van der Waals surface area contributed by atoms with Crippen molar-refractivity contribution in [3.05, 3.63) is 36.5 Å². The molecule has 2 unspecified atom stereocenters. The van der Waals surface area contributed by atoms with E-state index in [0.29, 0.717) is 6.04 Å². The van der Waals surface area contributed by atoms with Crippen molar-refractivity contribution in [1.29, 1.82) is 0 Å². The lowest BCUT2D eigenvalue weighted by atomic mass is 9.97. The van der Waals surface area contributed by atoms with E-state index >= 15 is 0 Å². The zero-order valence-electron chi connectivity index (χ0n) is 12.7. The van der Waals surface area contributed by atoms with Gasteiger partial charge in [-0.05, 0) is 38.4 Å². The second-order valence-corrected chi connectivity index (χ2v) is 6.53. The summed E-state index contributed by atoms with van der Waals surface area (Å²) in [5.74, 6) is 0. The van der Waals surface area contributed by atoms with Gasteiger partial charge in [0.05, 0.1) is 17.4 Å². The molecule has 3 heteroatoms. The maximum Gasteiger partial charge on any atom is 0.0703 e. The Morgan fingerprint density at radius 1 is 1.14 bits per heavy atom. The summed E-state index contributed by atoms with van der Waals surface area (Å²) in [6, 6.07) is 12.0. The zero-order valence-corrected chi connectivity index (χ0v) is 12.7. The number of anilines is 1. The van der Waals surface area contributed by atoms with E-state index in [0.717, 1.165) is 18.1 Å². The molecule has 110 valence electrons. The molecule has 2 aliphatic rings. The average molecular weight is 281 g/mol.